The van der Waals surface area contributed by atoms with Crippen LogP contribution in [-0.2, 0) is 6.54 Å². The molecule has 0 spiro atoms. The highest BCUT2D eigenvalue weighted by atomic mass is 16.3. The summed E-state index contributed by atoms with van der Waals surface area (Å²) < 4.78 is 0. The summed E-state index contributed by atoms with van der Waals surface area (Å²) in [5.41, 5.74) is 4.23. The molecule has 0 aliphatic heterocycles. The summed E-state index contributed by atoms with van der Waals surface area (Å²) >= 11 is 0. The molecule has 0 saturated heterocycles. The monoisotopic (exact) mass is 453 g/mol. The largest absolute Gasteiger partial charge is 0.494 e. The smallest absolute Gasteiger partial charge is 0.258 e. The fourth-order valence-corrected chi connectivity index (χ4v) is 4.09. The van der Waals surface area contributed by atoms with E-state index in [4.69, 9.17) is 0 Å². The number of hydrogen-bond donors (Lipinski definition) is 2. The van der Waals surface area contributed by atoms with Gasteiger partial charge < -0.3 is 5.11 Å². The summed E-state index contributed by atoms with van der Waals surface area (Å²) in [6.07, 6.45) is 4.03. The summed E-state index contributed by atoms with van der Waals surface area (Å²) in [7, 11) is 0. The predicted octanol–water partition coefficient (Wildman–Crippen LogP) is 6.27. The van der Waals surface area contributed by atoms with E-state index in [2.05, 4.69) is 40.9 Å². The van der Waals surface area contributed by atoms with Crippen LogP contribution < -0.4 is 5.56 Å². The van der Waals surface area contributed by atoms with Crippen LogP contribution >= 0.6 is 0 Å². The molecule has 0 atom stereocenters. The van der Waals surface area contributed by atoms with E-state index >= 15 is 0 Å². The van der Waals surface area contributed by atoms with Gasteiger partial charge >= 0.3 is 0 Å². The van der Waals surface area contributed by atoms with Gasteiger partial charge in [0.2, 0.25) is 5.88 Å². The second-order valence-corrected chi connectivity index (χ2v) is 8.49. The van der Waals surface area contributed by atoms with Crippen LogP contribution in [0.2, 0.25) is 0 Å². The van der Waals surface area contributed by atoms with Crippen molar-refractivity contribution >= 4 is 22.7 Å². The van der Waals surface area contributed by atoms with Crippen LogP contribution in [-0.4, -0.2) is 34.3 Å². The molecule has 0 radical (unpaired) electrons. The number of nitrogens with one attached hydrogen (secondary N) is 1. The first kappa shape index (κ1) is 23.5. The summed E-state index contributed by atoms with van der Waals surface area (Å²) in [5.74, 6) is -0.183. The topological polar surface area (TPSA) is 68.7 Å². The lowest BCUT2D eigenvalue weighted by atomic mass is 10.00. The molecule has 5 heteroatoms. The number of H-pyrrole nitrogens is 1. The van der Waals surface area contributed by atoms with Crippen LogP contribution in [0, 0.1) is 0 Å². The number of fused-ring (bicyclic) bond motifs is 1. The maximum Gasteiger partial charge on any atom is 0.258 e. The van der Waals surface area contributed by atoms with Crippen molar-refractivity contribution in [2.75, 3.05) is 13.1 Å². The number of hydrogen-bond acceptors (Lipinski definition) is 4. The Morgan fingerprint density at radius 2 is 1.71 bits per heavy atom. The fraction of sp³-hybridized carbons (Fsp3) is 0.241. The number of pyridine rings is 1. The first-order valence-corrected chi connectivity index (χ1v) is 11.9. The normalized spacial score (nSPS) is 11.6. The van der Waals surface area contributed by atoms with Gasteiger partial charge in [0.15, 0.2) is 0 Å². The highest BCUT2D eigenvalue weighted by Crippen LogP contribution is 2.27. The number of aromatic nitrogens is 1. The van der Waals surface area contributed by atoms with E-state index in [0.29, 0.717) is 16.3 Å². The zero-order chi connectivity index (χ0) is 23.9. The minimum Gasteiger partial charge on any atom is -0.494 e. The lowest BCUT2D eigenvalue weighted by Crippen LogP contribution is -2.23. The lowest BCUT2D eigenvalue weighted by Gasteiger charge is -2.20. The van der Waals surface area contributed by atoms with Gasteiger partial charge in [0.05, 0.1) is 11.3 Å². The van der Waals surface area contributed by atoms with Gasteiger partial charge in [0.25, 0.3) is 5.56 Å². The number of aromatic hydroxyl groups is 1. The fourth-order valence-electron chi connectivity index (χ4n) is 4.09. The van der Waals surface area contributed by atoms with Crippen molar-refractivity contribution in [3.8, 4) is 17.0 Å². The molecule has 4 rings (SSSR count). The molecule has 5 nitrogen and oxygen atoms in total. The lowest BCUT2D eigenvalue weighted by molar-refractivity contribution is 0.275. The van der Waals surface area contributed by atoms with Gasteiger partial charge in [-0.05, 0) is 60.5 Å². The van der Waals surface area contributed by atoms with E-state index in [1.54, 1.807) is 12.3 Å². The third-order valence-corrected chi connectivity index (χ3v) is 6.11. The minimum atomic E-state index is -0.322. The first-order valence-electron chi connectivity index (χ1n) is 11.9. The number of unbranched alkanes of at least 4 members (excludes halogenated alkanes) is 1. The molecule has 4 aromatic rings. The molecule has 174 valence electrons. The standard InChI is InChI=1S/C29H31N3O2/c1-3-5-17-32(4-2)20-21-11-14-24(15-12-21)30-19-27-26-18-23(22-9-7-6-8-10-22)13-16-25(26)28(33)31-29(27)34/h6-16,18-19H,3-5,17,20H2,1-2H3,(H2,31,33,34). The average molecular weight is 454 g/mol. The third-order valence-electron chi connectivity index (χ3n) is 6.11. The van der Waals surface area contributed by atoms with Crippen molar-refractivity contribution in [3.63, 3.8) is 0 Å². The van der Waals surface area contributed by atoms with E-state index in [1.807, 2.05) is 54.6 Å². The second kappa shape index (κ2) is 10.9. The zero-order valence-corrected chi connectivity index (χ0v) is 19.8. The van der Waals surface area contributed by atoms with E-state index < -0.39 is 0 Å². The highest BCUT2D eigenvalue weighted by Gasteiger charge is 2.11. The van der Waals surface area contributed by atoms with Crippen molar-refractivity contribution in [3.05, 3.63) is 94.3 Å². The number of aromatic amines is 1. The van der Waals surface area contributed by atoms with Crippen LogP contribution in [0.4, 0.5) is 5.69 Å². The van der Waals surface area contributed by atoms with Gasteiger partial charge in [0.1, 0.15) is 0 Å². The van der Waals surface area contributed by atoms with Crippen LogP contribution in [0.3, 0.4) is 0 Å². The van der Waals surface area contributed by atoms with Crippen LogP contribution in [0.25, 0.3) is 21.9 Å². The molecular weight excluding hydrogens is 422 g/mol. The molecule has 0 amide bonds. The second-order valence-electron chi connectivity index (χ2n) is 8.49. The molecule has 0 aliphatic rings. The van der Waals surface area contributed by atoms with E-state index in [9.17, 15) is 9.90 Å². The molecule has 34 heavy (non-hydrogen) atoms. The highest BCUT2D eigenvalue weighted by molar-refractivity contribution is 6.03. The molecule has 3 aromatic carbocycles. The summed E-state index contributed by atoms with van der Waals surface area (Å²) in [4.78, 5) is 22.0. The molecule has 0 unspecified atom stereocenters. The SMILES string of the molecule is CCCCN(CC)Cc1ccc(N=Cc2c(O)[nH]c(=O)c3ccc(-c4ccccc4)cc23)cc1. The Hall–Kier alpha value is -3.70. The number of aliphatic imine (C=N–C) groups is 1. The Labute approximate surface area is 200 Å². The van der Waals surface area contributed by atoms with Crippen LogP contribution in [0.5, 0.6) is 5.88 Å². The number of rotatable bonds is 9. The Morgan fingerprint density at radius 3 is 2.41 bits per heavy atom. The zero-order valence-electron chi connectivity index (χ0n) is 19.8. The van der Waals surface area contributed by atoms with E-state index in [-0.39, 0.29) is 11.4 Å². The predicted molar refractivity (Wildman–Crippen MR) is 141 cm³/mol. The van der Waals surface area contributed by atoms with Gasteiger partial charge in [-0.1, -0.05) is 68.8 Å². The summed E-state index contributed by atoms with van der Waals surface area (Å²) in [6, 6.07) is 23.8. The maximum absolute atomic E-state index is 12.4. The number of benzene rings is 3. The van der Waals surface area contributed by atoms with Crippen molar-refractivity contribution in [2.45, 2.75) is 33.2 Å². The summed E-state index contributed by atoms with van der Waals surface area (Å²) in [6.45, 7) is 7.47. The molecule has 0 bridgehead atoms. The van der Waals surface area contributed by atoms with Crippen molar-refractivity contribution in [1.82, 2.24) is 9.88 Å². The molecule has 0 fully saturated rings. The number of nitrogens with zero attached hydrogens (tertiary/aromatic N) is 2. The van der Waals surface area contributed by atoms with Crippen LogP contribution in [0.15, 0.2) is 82.6 Å². The summed E-state index contributed by atoms with van der Waals surface area (Å²) in [5, 5.41) is 11.7. The molecule has 2 N–H and O–H groups in total. The van der Waals surface area contributed by atoms with Crippen molar-refractivity contribution in [1.29, 1.82) is 0 Å². The Morgan fingerprint density at radius 1 is 0.941 bits per heavy atom. The molecule has 0 aliphatic carbocycles. The third kappa shape index (κ3) is 5.43. The molecule has 0 saturated carbocycles. The molecule has 1 aromatic heterocycles. The van der Waals surface area contributed by atoms with E-state index in [1.165, 1.54) is 18.4 Å². The van der Waals surface area contributed by atoms with Gasteiger partial charge in [0, 0.05) is 23.5 Å². The van der Waals surface area contributed by atoms with Crippen LogP contribution in [0.1, 0.15) is 37.8 Å². The van der Waals surface area contributed by atoms with E-state index in [0.717, 1.165) is 36.4 Å². The Bertz CT molecular complexity index is 1330. The molecule has 1 heterocycles. The maximum atomic E-state index is 12.4. The average Bonchev–Trinajstić information content (AvgIpc) is 2.87. The van der Waals surface area contributed by atoms with Crippen molar-refractivity contribution in [2.24, 2.45) is 4.99 Å². The minimum absolute atomic E-state index is 0.183. The van der Waals surface area contributed by atoms with Gasteiger partial charge in [-0.15, -0.1) is 0 Å². The van der Waals surface area contributed by atoms with Gasteiger partial charge in [-0.3, -0.25) is 19.7 Å². The Balaban J connectivity index is 1.62. The van der Waals surface area contributed by atoms with Gasteiger partial charge in [-0.25, -0.2) is 0 Å². The van der Waals surface area contributed by atoms with Gasteiger partial charge in [-0.2, -0.15) is 0 Å². The first-order chi connectivity index (χ1) is 16.6. The molecular formula is C29H31N3O2. The van der Waals surface area contributed by atoms with Crippen molar-refractivity contribution < 1.29 is 5.11 Å². The Kier molecular flexibility index (Phi) is 7.55. The quantitative estimate of drug-likeness (QED) is 0.293.